The van der Waals surface area contributed by atoms with Crippen LogP contribution in [0.4, 0.5) is 5.69 Å². The largest absolute Gasteiger partial charge is 0.376 e. The zero-order valence-electron chi connectivity index (χ0n) is 18.1. The van der Waals surface area contributed by atoms with Gasteiger partial charge in [0.15, 0.2) is 5.69 Å². The normalized spacial score (nSPS) is 17.2. The van der Waals surface area contributed by atoms with Crippen molar-refractivity contribution < 1.29 is 9.53 Å². The molecule has 0 radical (unpaired) electrons. The van der Waals surface area contributed by atoms with Crippen LogP contribution >= 0.6 is 0 Å². The highest BCUT2D eigenvalue weighted by Crippen LogP contribution is 2.23. The number of rotatable bonds is 7. The van der Waals surface area contributed by atoms with Gasteiger partial charge in [-0.2, -0.15) is 5.10 Å². The Bertz CT molecular complexity index is 841. The topological polar surface area (TPSA) is 62.6 Å². The van der Waals surface area contributed by atoms with Crippen molar-refractivity contribution in [3.63, 3.8) is 0 Å². The van der Waals surface area contributed by atoms with E-state index in [1.54, 1.807) is 0 Å². The van der Waals surface area contributed by atoms with Crippen molar-refractivity contribution in [1.29, 1.82) is 0 Å². The number of benzene rings is 1. The molecule has 1 saturated heterocycles. The Labute approximate surface area is 179 Å². The molecule has 0 aliphatic carbocycles. The number of piperazine rings is 1. The van der Waals surface area contributed by atoms with Gasteiger partial charge in [0.1, 0.15) is 0 Å². The number of para-hydroxylation sites is 1. The van der Waals surface area contributed by atoms with Crippen LogP contribution in [0, 0.1) is 0 Å². The summed E-state index contributed by atoms with van der Waals surface area (Å²) in [5.74, 6) is -0.0787. The Morgan fingerprint density at radius 2 is 1.93 bits per heavy atom. The lowest BCUT2D eigenvalue weighted by atomic mass is 10.1. The molecule has 1 N–H and O–H groups in total. The third-order valence-corrected chi connectivity index (χ3v) is 5.98. The maximum absolute atomic E-state index is 12.7. The minimum atomic E-state index is -0.0787. The molecule has 7 heteroatoms. The van der Waals surface area contributed by atoms with Crippen LogP contribution in [0.2, 0.25) is 0 Å². The zero-order chi connectivity index (χ0) is 20.9. The zero-order valence-corrected chi connectivity index (χ0v) is 18.1. The molecule has 4 rings (SSSR count). The van der Waals surface area contributed by atoms with E-state index in [9.17, 15) is 4.79 Å². The second kappa shape index (κ2) is 9.62. The fourth-order valence-corrected chi connectivity index (χ4v) is 4.33. The number of aromatic nitrogens is 2. The summed E-state index contributed by atoms with van der Waals surface area (Å²) in [6.07, 6.45) is 1.77. The summed E-state index contributed by atoms with van der Waals surface area (Å²) in [4.78, 5) is 17.7. The molecule has 1 aromatic heterocycles. The molecule has 162 valence electrons. The maximum atomic E-state index is 12.7. The third kappa shape index (κ3) is 4.68. The van der Waals surface area contributed by atoms with E-state index in [1.807, 2.05) is 4.68 Å². The first-order valence-electron chi connectivity index (χ1n) is 11.1. The highest BCUT2D eigenvalue weighted by atomic mass is 16.5. The molecule has 2 aliphatic rings. The fraction of sp³-hybridized carbons (Fsp3) is 0.565. The minimum absolute atomic E-state index is 0.0787. The van der Waals surface area contributed by atoms with E-state index in [4.69, 9.17) is 4.74 Å². The molecule has 30 heavy (non-hydrogen) atoms. The summed E-state index contributed by atoms with van der Waals surface area (Å²) in [6.45, 7) is 11.3. The van der Waals surface area contributed by atoms with E-state index in [2.05, 4.69) is 64.4 Å². The number of fused-ring (bicyclic) bond motifs is 1. The smallest absolute Gasteiger partial charge is 0.272 e. The standard InChI is InChI=1S/C23H33N5O2/c1-18(2)28-21-9-16-30-17-20(21)22(25-28)23(29)24-10-6-11-26-12-14-27(15-13-26)19-7-4-3-5-8-19/h3-5,7-8,18H,6,9-17H2,1-2H3,(H,24,29). The van der Waals surface area contributed by atoms with Crippen LogP contribution < -0.4 is 10.2 Å². The predicted octanol–water partition coefficient (Wildman–Crippen LogP) is 2.48. The SMILES string of the molecule is CC(C)n1nc(C(=O)NCCCN2CCN(c3ccccc3)CC2)c2c1CCOC2. The van der Waals surface area contributed by atoms with E-state index < -0.39 is 0 Å². The van der Waals surface area contributed by atoms with E-state index in [0.717, 1.165) is 56.8 Å². The molecule has 1 fully saturated rings. The van der Waals surface area contributed by atoms with Gasteiger partial charge in [-0.25, -0.2) is 0 Å². The van der Waals surface area contributed by atoms with Crippen LogP contribution in [0.15, 0.2) is 30.3 Å². The lowest BCUT2D eigenvalue weighted by Gasteiger charge is -2.36. The van der Waals surface area contributed by atoms with Gasteiger partial charge in [0, 0.05) is 62.1 Å². The summed E-state index contributed by atoms with van der Waals surface area (Å²) in [5, 5.41) is 7.67. The number of hydrogen-bond acceptors (Lipinski definition) is 5. The van der Waals surface area contributed by atoms with Gasteiger partial charge in [-0.15, -0.1) is 0 Å². The molecule has 7 nitrogen and oxygen atoms in total. The molecular weight excluding hydrogens is 378 g/mol. The van der Waals surface area contributed by atoms with Crippen molar-refractivity contribution >= 4 is 11.6 Å². The number of nitrogens with zero attached hydrogens (tertiary/aromatic N) is 4. The summed E-state index contributed by atoms with van der Waals surface area (Å²) in [7, 11) is 0. The molecule has 0 bridgehead atoms. The summed E-state index contributed by atoms with van der Waals surface area (Å²) in [5.41, 5.74) is 3.95. The fourth-order valence-electron chi connectivity index (χ4n) is 4.33. The Hall–Kier alpha value is -2.38. The molecule has 0 spiro atoms. The molecule has 0 atom stereocenters. The number of amides is 1. The maximum Gasteiger partial charge on any atom is 0.272 e. The van der Waals surface area contributed by atoms with Crippen LogP contribution in [-0.4, -0.2) is 66.5 Å². The van der Waals surface area contributed by atoms with Crippen molar-refractivity contribution in [1.82, 2.24) is 20.0 Å². The summed E-state index contributed by atoms with van der Waals surface area (Å²) in [6, 6.07) is 10.8. The van der Waals surface area contributed by atoms with Crippen LogP contribution in [-0.2, 0) is 17.8 Å². The highest BCUT2D eigenvalue weighted by molar-refractivity contribution is 5.94. The van der Waals surface area contributed by atoms with Gasteiger partial charge in [0.05, 0.1) is 13.2 Å². The van der Waals surface area contributed by atoms with Gasteiger partial charge < -0.3 is 15.0 Å². The average Bonchev–Trinajstić information content (AvgIpc) is 3.18. The summed E-state index contributed by atoms with van der Waals surface area (Å²) < 4.78 is 7.57. The van der Waals surface area contributed by atoms with E-state index >= 15 is 0 Å². The first kappa shape index (κ1) is 20.9. The molecule has 1 amide bonds. The minimum Gasteiger partial charge on any atom is -0.376 e. The molecule has 1 aromatic carbocycles. The Kier molecular flexibility index (Phi) is 6.69. The Morgan fingerprint density at radius 1 is 1.17 bits per heavy atom. The number of carbonyl (C=O) groups excluding carboxylic acids is 1. The van der Waals surface area contributed by atoms with Crippen molar-refractivity contribution in [2.45, 2.75) is 39.3 Å². The lowest BCUT2D eigenvalue weighted by Crippen LogP contribution is -2.47. The van der Waals surface area contributed by atoms with Crippen LogP contribution in [0.25, 0.3) is 0 Å². The van der Waals surface area contributed by atoms with E-state index in [-0.39, 0.29) is 11.9 Å². The third-order valence-electron chi connectivity index (χ3n) is 5.98. The second-order valence-corrected chi connectivity index (χ2v) is 8.39. The monoisotopic (exact) mass is 411 g/mol. The van der Waals surface area contributed by atoms with Crippen molar-refractivity contribution in [3.8, 4) is 0 Å². The lowest BCUT2D eigenvalue weighted by molar-refractivity contribution is 0.0923. The molecule has 3 heterocycles. The predicted molar refractivity (Wildman–Crippen MR) is 118 cm³/mol. The average molecular weight is 412 g/mol. The molecular formula is C23H33N5O2. The van der Waals surface area contributed by atoms with Crippen molar-refractivity contribution in [2.24, 2.45) is 0 Å². The van der Waals surface area contributed by atoms with Crippen LogP contribution in [0.3, 0.4) is 0 Å². The number of hydrogen-bond donors (Lipinski definition) is 1. The highest BCUT2D eigenvalue weighted by Gasteiger charge is 2.26. The molecule has 2 aliphatic heterocycles. The Balaban J connectivity index is 1.22. The van der Waals surface area contributed by atoms with E-state index in [1.165, 1.54) is 5.69 Å². The van der Waals surface area contributed by atoms with Gasteiger partial charge in [-0.3, -0.25) is 14.4 Å². The van der Waals surface area contributed by atoms with Gasteiger partial charge in [0.25, 0.3) is 5.91 Å². The van der Waals surface area contributed by atoms with E-state index in [0.29, 0.717) is 25.5 Å². The first-order chi connectivity index (χ1) is 14.6. The van der Waals surface area contributed by atoms with Crippen LogP contribution in [0.5, 0.6) is 0 Å². The molecule has 2 aromatic rings. The number of ether oxygens (including phenoxy) is 1. The number of nitrogens with one attached hydrogen (secondary N) is 1. The van der Waals surface area contributed by atoms with Crippen LogP contribution in [0.1, 0.15) is 48.1 Å². The Morgan fingerprint density at radius 3 is 2.67 bits per heavy atom. The first-order valence-corrected chi connectivity index (χ1v) is 11.1. The number of carbonyl (C=O) groups is 1. The van der Waals surface area contributed by atoms with Gasteiger partial charge in [0.2, 0.25) is 0 Å². The second-order valence-electron chi connectivity index (χ2n) is 8.39. The molecule has 0 saturated carbocycles. The quantitative estimate of drug-likeness (QED) is 0.710. The van der Waals surface area contributed by atoms with Crippen molar-refractivity contribution in [3.05, 3.63) is 47.3 Å². The number of anilines is 1. The van der Waals surface area contributed by atoms with Crippen molar-refractivity contribution in [2.75, 3.05) is 50.8 Å². The van der Waals surface area contributed by atoms with Gasteiger partial charge >= 0.3 is 0 Å². The summed E-state index contributed by atoms with van der Waals surface area (Å²) >= 11 is 0. The molecule has 0 unspecified atom stereocenters. The van der Waals surface area contributed by atoms with Gasteiger partial charge in [-0.05, 0) is 38.9 Å². The van der Waals surface area contributed by atoms with Gasteiger partial charge in [-0.1, -0.05) is 18.2 Å².